The van der Waals surface area contributed by atoms with Crippen molar-refractivity contribution in [2.75, 3.05) is 5.32 Å². The highest BCUT2D eigenvalue weighted by molar-refractivity contribution is 9.10. The lowest BCUT2D eigenvalue weighted by Gasteiger charge is -2.17. The van der Waals surface area contributed by atoms with E-state index in [9.17, 15) is 20.2 Å². The van der Waals surface area contributed by atoms with Crippen LogP contribution >= 0.6 is 15.9 Å². The van der Waals surface area contributed by atoms with Crippen LogP contribution in [0, 0.1) is 34.3 Å². The first-order chi connectivity index (χ1) is 15.8. The SMILES string of the molecule is CCCC(Cc1ccc(-c2ccccc2C#N)cc1)C(=O)Nc1ncc(Br)c(C)c1[N+](=O)[O-]. The zero-order chi connectivity index (χ0) is 24.0. The van der Waals surface area contributed by atoms with Crippen molar-refractivity contribution >= 4 is 33.3 Å². The Morgan fingerprint density at radius 3 is 2.58 bits per heavy atom. The summed E-state index contributed by atoms with van der Waals surface area (Å²) in [5.41, 5.74) is 3.55. The molecule has 0 saturated carbocycles. The number of carbonyl (C=O) groups excluding carboxylic acids is 1. The maximum absolute atomic E-state index is 13.0. The van der Waals surface area contributed by atoms with Crippen LogP contribution in [0.25, 0.3) is 11.1 Å². The van der Waals surface area contributed by atoms with E-state index in [-0.39, 0.29) is 23.3 Å². The van der Waals surface area contributed by atoms with E-state index in [1.807, 2.05) is 49.4 Å². The molecule has 0 bridgehead atoms. The van der Waals surface area contributed by atoms with E-state index >= 15 is 0 Å². The number of halogens is 1. The van der Waals surface area contributed by atoms with Gasteiger partial charge in [-0.3, -0.25) is 14.9 Å². The predicted octanol–water partition coefficient (Wildman–Crippen LogP) is 6.20. The molecule has 0 spiro atoms. The van der Waals surface area contributed by atoms with Gasteiger partial charge in [0.25, 0.3) is 0 Å². The molecule has 3 rings (SSSR count). The molecular formula is C25H23BrN4O3. The Bertz CT molecular complexity index is 1220. The van der Waals surface area contributed by atoms with E-state index in [0.717, 1.165) is 23.1 Å². The van der Waals surface area contributed by atoms with Crippen molar-refractivity contribution in [2.45, 2.75) is 33.1 Å². The zero-order valence-electron chi connectivity index (χ0n) is 18.3. The molecule has 8 heteroatoms. The second-order valence-corrected chi connectivity index (χ2v) is 8.57. The quantitative estimate of drug-likeness (QED) is 0.289. The first-order valence-corrected chi connectivity index (χ1v) is 11.3. The van der Waals surface area contributed by atoms with Gasteiger partial charge >= 0.3 is 5.69 Å². The van der Waals surface area contributed by atoms with Crippen LogP contribution < -0.4 is 5.32 Å². The third-order valence-electron chi connectivity index (χ3n) is 5.47. The number of nitriles is 1. The standard InChI is InChI=1S/C25H23BrN4O3/c1-3-6-19(25(31)29-24-23(30(32)33)16(2)22(26)15-28-24)13-17-9-11-18(12-10-17)21-8-5-4-7-20(21)14-27/h4-5,7-12,15,19H,3,6,13H2,1-2H3,(H,28,29,31). The van der Waals surface area contributed by atoms with E-state index < -0.39 is 4.92 Å². The van der Waals surface area contributed by atoms with Crippen LogP contribution in [0.2, 0.25) is 0 Å². The monoisotopic (exact) mass is 506 g/mol. The lowest BCUT2D eigenvalue weighted by molar-refractivity contribution is -0.384. The van der Waals surface area contributed by atoms with Gasteiger partial charge in [-0.15, -0.1) is 0 Å². The summed E-state index contributed by atoms with van der Waals surface area (Å²) in [6.07, 6.45) is 3.36. The van der Waals surface area contributed by atoms with E-state index in [1.54, 1.807) is 13.0 Å². The molecule has 33 heavy (non-hydrogen) atoms. The molecule has 168 valence electrons. The minimum atomic E-state index is -0.532. The fourth-order valence-corrected chi connectivity index (χ4v) is 4.01. The summed E-state index contributed by atoms with van der Waals surface area (Å²) >= 11 is 3.25. The summed E-state index contributed by atoms with van der Waals surface area (Å²) in [7, 11) is 0. The normalized spacial score (nSPS) is 11.5. The molecule has 1 N–H and O–H groups in total. The lowest BCUT2D eigenvalue weighted by atomic mass is 9.92. The van der Waals surface area contributed by atoms with Crippen molar-refractivity contribution in [1.82, 2.24) is 4.98 Å². The predicted molar refractivity (Wildman–Crippen MR) is 131 cm³/mol. The first kappa shape index (κ1) is 24.1. The highest BCUT2D eigenvalue weighted by Crippen LogP contribution is 2.32. The highest BCUT2D eigenvalue weighted by Gasteiger charge is 2.26. The van der Waals surface area contributed by atoms with Crippen molar-refractivity contribution in [3.8, 4) is 17.2 Å². The fourth-order valence-electron chi connectivity index (χ4n) is 3.72. The Balaban J connectivity index is 1.80. The maximum Gasteiger partial charge on any atom is 0.315 e. The van der Waals surface area contributed by atoms with E-state index in [0.29, 0.717) is 28.4 Å². The molecule has 1 aromatic heterocycles. The molecule has 0 aliphatic carbocycles. The Labute approximate surface area is 200 Å². The molecule has 0 aliphatic rings. The third-order valence-corrected chi connectivity index (χ3v) is 6.27. The van der Waals surface area contributed by atoms with Crippen molar-refractivity contribution in [3.63, 3.8) is 0 Å². The van der Waals surface area contributed by atoms with E-state index in [1.165, 1.54) is 6.20 Å². The molecule has 0 fully saturated rings. The number of carbonyl (C=O) groups is 1. The molecule has 0 radical (unpaired) electrons. The summed E-state index contributed by atoms with van der Waals surface area (Å²) in [5.74, 6) is -0.707. The summed E-state index contributed by atoms with van der Waals surface area (Å²) in [6, 6.07) is 17.4. The van der Waals surface area contributed by atoms with Gasteiger partial charge in [0.15, 0.2) is 0 Å². The highest BCUT2D eigenvalue weighted by atomic mass is 79.9. The summed E-state index contributed by atoms with van der Waals surface area (Å²) in [6.45, 7) is 3.60. The maximum atomic E-state index is 13.0. The molecule has 1 atom stereocenters. The molecule has 1 unspecified atom stereocenters. The summed E-state index contributed by atoms with van der Waals surface area (Å²) in [4.78, 5) is 28.1. The van der Waals surface area contributed by atoms with Gasteiger partial charge in [-0.05, 0) is 58.5 Å². The molecule has 1 heterocycles. The van der Waals surface area contributed by atoms with Crippen molar-refractivity contribution in [3.05, 3.63) is 86.0 Å². The zero-order valence-corrected chi connectivity index (χ0v) is 19.9. The Hall–Kier alpha value is -3.57. The number of amides is 1. The number of nitrogens with zero attached hydrogens (tertiary/aromatic N) is 3. The molecular weight excluding hydrogens is 484 g/mol. The number of hydrogen-bond acceptors (Lipinski definition) is 5. The number of nitro groups is 1. The molecule has 3 aromatic rings. The van der Waals surface area contributed by atoms with Gasteiger partial charge in [-0.2, -0.15) is 5.26 Å². The van der Waals surface area contributed by atoms with Gasteiger partial charge in [0, 0.05) is 22.2 Å². The number of anilines is 1. The summed E-state index contributed by atoms with van der Waals surface area (Å²) < 4.78 is 0.510. The number of pyridine rings is 1. The van der Waals surface area contributed by atoms with Crippen LogP contribution in [-0.4, -0.2) is 15.8 Å². The number of aromatic nitrogens is 1. The van der Waals surface area contributed by atoms with E-state index in [2.05, 4.69) is 32.3 Å². The van der Waals surface area contributed by atoms with Crippen LogP contribution in [0.1, 0.15) is 36.5 Å². The largest absolute Gasteiger partial charge is 0.315 e. The molecule has 0 aliphatic heterocycles. The van der Waals surface area contributed by atoms with Gasteiger partial charge < -0.3 is 5.32 Å². The number of rotatable bonds is 8. The van der Waals surface area contributed by atoms with Crippen LogP contribution in [0.15, 0.2) is 59.2 Å². The van der Waals surface area contributed by atoms with Crippen LogP contribution in [0.3, 0.4) is 0 Å². The minimum Gasteiger partial charge on any atom is -0.305 e. The first-order valence-electron chi connectivity index (χ1n) is 10.5. The van der Waals surface area contributed by atoms with Crippen molar-refractivity contribution in [2.24, 2.45) is 5.92 Å². The van der Waals surface area contributed by atoms with E-state index in [4.69, 9.17) is 0 Å². The fraction of sp³-hybridized carbons (Fsp3) is 0.240. The average Bonchev–Trinajstić information content (AvgIpc) is 2.81. The van der Waals surface area contributed by atoms with Gasteiger partial charge in [0.1, 0.15) is 0 Å². The smallest absolute Gasteiger partial charge is 0.305 e. The Morgan fingerprint density at radius 2 is 1.94 bits per heavy atom. The Morgan fingerprint density at radius 1 is 1.24 bits per heavy atom. The molecule has 0 saturated heterocycles. The average molecular weight is 507 g/mol. The topological polar surface area (TPSA) is 109 Å². The molecule has 2 aromatic carbocycles. The summed E-state index contributed by atoms with van der Waals surface area (Å²) in [5, 5.41) is 23.5. The number of nitrogens with one attached hydrogen (secondary N) is 1. The van der Waals surface area contributed by atoms with Crippen molar-refractivity contribution < 1.29 is 9.72 Å². The van der Waals surface area contributed by atoms with Gasteiger partial charge in [0.2, 0.25) is 11.7 Å². The van der Waals surface area contributed by atoms with Gasteiger partial charge in [-0.25, -0.2) is 4.98 Å². The third kappa shape index (κ3) is 5.62. The molecule has 7 nitrogen and oxygen atoms in total. The van der Waals surface area contributed by atoms with Gasteiger partial charge in [-0.1, -0.05) is 55.8 Å². The second kappa shape index (κ2) is 10.8. The number of benzene rings is 2. The molecule has 1 amide bonds. The van der Waals surface area contributed by atoms with Crippen LogP contribution in [0.5, 0.6) is 0 Å². The minimum absolute atomic E-state index is 0.0461. The second-order valence-electron chi connectivity index (χ2n) is 7.72. The Kier molecular flexibility index (Phi) is 7.91. The van der Waals surface area contributed by atoms with Gasteiger partial charge in [0.05, 0.1) is 16.6 Å². The van der Waals surface area contributed by atoms with Crippen molar-refractivity contribution in [1.29, 1.82) is 5.26 Å². The van der Waals surface area contributed by atoms with Crippen LogP contribution in [-0.2, 0) is 11.2 Å². The van der Waals surface area contributed by atoms with Crippen LogP contribution in [0.4, 0.5) is 11.5 Å². The lowest BCUT2D eigenvalue weighted by Crippen LogP contribution is -2.25. The number of hydrogen-bond donors (Lipinski definition) is 1.